The van der Waals surface area contributed by atoms with Gasteiger partial charge in [-0.3, -0.25) is 9.59 Å². The highest BCUT2D eigenvalue weighted by Crippen LogP contribution is 2.25. The predicted molar refractivity (Wildman–Crippen MR) is 156 cm³/mol. The fourth-order valence-corrected chi connectivity index (χ4v) is 5.24. The molecule has 1 N–H and O–H groups in total. The number of rotatable bonds is 13. The predicted octanol–water partition coefficient (Wildman–Crippen LogP) is 7.03. The normalized spacial score (nSPS) is 11.8. The summed E-state index contributed by atoms with van der Waals surface area (Å²) in [6.45, 7) is 4.87. The smallest absolute Gasteiger partial charge is 0.243 e. The van der Waals surface area contributed by atoms with E-state index >= 15 is 0 Å². The number of halogens is 2. The van der Waals surface area contributed by atoms with Crippen molar-refractivity contribution in [3.05, 3.63) is 106 Å². The zero-order valence-corrected chi connectivity index (χ0v) is 23.7. The van der Waals surface area contributed by atoms with Crippen LogP contribution in [-0.2, 0) is 28.3 Å². The summed E-state index contributed by atoms with van der Waals surface area (Å²) in [5.74, 6) is 1.55. The zero-order chi connectivity index (χ0) is 26.6. The number of thioether (sulfide) groups is 1. The standard InChI is InChI=1S/C30H34Cl2N2O2S/c1-22(2)19-33-30(36)28(17-23-9-5-3-6-10-23)34(20-25-13-14-26(31)18-27(25)32)29(35)15-16-37-21-24-11-7-4-8-12-24/h3-14,18,22,28H,15-17,19-21H2,1-2H3,(H,33,36)/t28-/m1/s1. The second kappa shape index (κ2) is 15.1. The minimum Gasteiger partial charge on any atom is -0.354 e. The summed E-state index contributed by atoms with van der Waals surface area (Å²) in [6.07, 6.45) is 0.740. The number of hydrogen-bond acceptors (Lipinski definition) is 3. The second-order valence-electron chi connectivity index (χ2n) is 9.39. The fraction of sp³-hybridized carbons (Fsp3) is 0.333. The van der Waals surface area contributed by atoms with Gasteiger partial charge in [-0.05, 0) is 34.7 Å². The van der Waals surface area contributed by atoms with Gasteiger partial charge in [-0.1, -0.05) is 104 Å². The summed E-state index contributed by atoms with van der Waals surface area (Å²) in [5, 5.41) is 4.05. The number of carbonyl (C=O) groups excluding carboxylic acids is 2. The molecule has 0 saturated heterocycles. The average molecular weight is 558 g/mol. The number of nitrogens with zero attached hydrogens (tertiary/aromatic N) is 1. The summed E-state index contributed by atoms with van der Waals surface area (Å²) in [5.41, 5.74) is 2.97. The summed E-state index contributed by atoms with van der Waals surface area (Å²) in [7, 11) is 0. The van der Waals surface area contributed by atoms with Gasteiger partial charge in [-0.2, -0.15) is 11.8 Å². The molecule has 0 radical (unpaired) electrons. The molecule has 37 heavy (non-hydrogen) atoms. The monoisotopic (exact) mass is 556 g/mol. The molecule has 0 heterocycles. The molecule has 0 fully saturated rings. The lowest BCUT2D eigenvalue weighted by atomic mass is 10.0. The van der Waals surface area contributed by atoms with E-state index in [1.165, 1.54) is 5.56 Å². The summed E-state index contributed by atoms with van der Waals surface area (Å²) in [4.78, 5) is 28.8. The molecule has 7 heteroatoms. The van der Waals surface area contributed by atoms with Gasteiger partial charge in [0, 0.05) is 47.5 Å². The molecule has 0 unspecified atom stereocenters. The molecule has 3 aromatic carbocycles. The Morgan fingerprint density at radius 2 is 1.57 bits per heavy atom. The quantitative estimate of drug-likeness (QED) is 0.230. The van der Waals surface area contributed by atoms with E-state index in [1.807, 2.05) is 68.4 Å². The first-order valence-electron chi connectivity index (χ1n) is 12.5. The molecule has 3 rings (SSSR count). The maximum atomic E-state index is 13.7. The van der Waals surface area contributed by atoms with Crippen LogP contribution in [-0.4, -0.2) is 35.1 Å². The third-order valence-electron chi connectivity index (χ3n) is 5.88. The van der Waals surface area contributed by atoms with Crippen molar-refractivity contribution in [2.75, 3.05) is 12.3 Å². The third kappa shape index (κ3) is 9.73. The van der Waals surface area contributed by atoms with Gasteiger partial charge in [0.1, 0.15) is 6.04 Å². The lowest BCUT2D eigenvalue weighted by Crippen LogP contribution is -2.51. The molecule has 0 aromatic heterocycles. The van der Waals surface area contributed by atoms with Crippen molar-refractivity contribution in [3.8, 4) is 0 Å². The highest BCUT2D eigenvalue weighted by molar-refractivity contribution is 7.98. The molecule has 0 spiro atoms. The van der Waals surface area contributed by atoms with Gasteiger partial charge in [0.2, 0.25) is 11.8 Å². The highest BCUT2D eigenvalue weighted by atomic mass is 35.5. The molecule has 0 aliphatic carbocycles. The van der Waals surface area contributed by atoms with Crippen molar-refractivity contribution in [3.63, 3.8) is 0 Å². The van der Waals surface area contributed by atoms with E-state index in [2.05, 4.69) is 17.4 Å². The van der Waals surface area contributed by atoms with Crippen molar-refractivity contribution in [1.29, 1.82) is 0 Å². The summed E-state index contributed by atoms with van der Waals surface area (Å²) >= 11 is 14.3. The molecule has 0 saturated carbocycles. The number of hydrogen-bond donors (Lipinski definition) is 1. The minimum atomic E-state index is -0.667. The number of carbonyl (C=O) groups is 2. The van der Waals surface area contributed by atoms with Crippen LogP contribution in [0, 0.1) is 5.92 Å². The van der Waals surface area contributed by atoms with Crippen molar-refractivity contribution in [1.82, 2.24) is 10.2 Å². The van der Waals surface area contributed by atoms with Gasteiger partial charge >= 0.3 is 0 Å². The average Bonchev–Trinajstić information content (AvgIpc) is 2.89. The molecule has 1 atom stereocenters. The minimum absolute atomic E-state index is 0.0767. The lowest BCUT2D eigenvalue weighted by Gasteiger charge is -2.32. The Hall–Kier alpha value is -2.47. The highest BCUT2D eigenvalue weighted by Gasteiger charge is 2.30. The van der Waals surface area contributed by atoms with Gasteiger partial charge in [0.25, 0.3) is 0 Å². The maximum absolute atomic E-state index is 13.7. The van der Waals surface area contributed by atoms with Crippen LogP contribution >= 0.6 is 35.0 Å². The van der Waals surface area contributed by atoms with Crippen molar-refractivity contribution >= 4 is 46.8 Å². The van der Waals surface area contributed by atoms with Crippen LogP contribution in [0.2, 0.25) is 10.0 Å². The van der Waals surface area contributed by atoms with Gasteiger partial charge < -0.3 is 10.2 Å². The van der Waals surface area contributed by atoms with Crippen LogP contribution in [0.15, 0.2) is 78.9 Å². The molecule has 0 aliphatic rings. The fourth-order valence-electron chi connectivity index (χ4n) is 3.88. The van der Waals surface area contributed by atoms with Gasteiger partial charge in [-0.15, -0.1) is 0 Å². The first kappa shape index (κ1) is 29.1. The molecular formula is C30H34Cl2N2O2S. The van der Waals surface area contributed by atoms with E-state index < -0.39 is 6.04 Å². The molecule has 0 bridgehead atoms. The molecule has 2 amide bonds. The van der Waals surface area contributed by atoms with Gasteiger partial charge in [0.15, 0.2) is 0 Å². The molecule has 196 valence electrons. The molecule has 3 aromatic rings. The van der Waals surface area contributed by atoms with Crippen molar-refractivity contribution in [2.24, 2.45) is 5.92 Å². The van der Waals surface area contributed by atoms with E-state index in [0.29, 0.717) is 41.1 Å². The first-order valence-corrected chi connectivity index (χ1v) is 14.4. The first-order chi connectivity index (χ1) is 17.8. The Morgan fingerprint density at radius 1 is 0.919 bits per heavy atom. The largest absolute Gasteiger partial charge is 0.354 e. The van der Waals surface area contributed by atoms with E-state index in [4.69, 9.17) is 23.2 Å². The summed E-state index contributed by atoms with van der Waals surface area (Å²) in [6, 6.07) is 24.6. The topological polar surface area (TPSA) is 49.4 Å². The molecule has 0 aliphatic heterocycles. The molecule has 4 nitrogen and oxygen atoms in total. The Kier molecular flexibility index (Phi) is 11.8. The van der Waals surface area contributed by atoms with Crippen LogP contribution in [0.4, 0.5) is 0 Å². The van der Waals surface area contributed by atoms with Gasteiger partial charge in [-0.25, -0.2) is 0 Å². The number of nitrogens with one attached hydrogen (secondary N) is 1. The number of amides is 2. The second-order valence-corrected chi connectivity index (χ2v) is 11.3. The van der Waals surface area contributed by atoms with Crippen LogP contribution in [0.3, 0.4) is 0 Å². The Morgan fingerprint density at radius 3 is 2.19 bits per heavy atom. The zero-order valence-electron chi connectivity index (χ0n) is 21.3. The third-order valence-corrected chi connectivity index (χ3v) is 7.50. The van der Waals surface area contributed by atoms with Crippen LogP contribution in [0.1, 0.15) is 37.0 Å². The summed E-state index contributed by atoms with van der Waals surface area (Å²) < 4.78 is 0. The Balaban J connectivity index is 1.82. The number of benzene rings is 3. The van der Waals surface area contributed by atoms with E-state index in [9.17, 15) is 9.59 Å². The maximum Gasteiger partial charge on any atom is 0.243 e. The van der Waals surface area contributed by atoms with E-state index in [-0.39, 0.29) is 18.4 Å². The van der Waals surface area contributed by atoms with Crippen LogP contribution in [0.25, 0.3) is 0 Å². The SMILES string of the molecule is CC(C)CNC(=O)[C@@H](Cc1ccccc1)N(Cc1ccc(Cl)cc1Cl)C(=O)CCSCc1ccccc1. The Labute approximate surface area is 234 Å². The molecular weight excluding hydrogens is 523 g/mol. The van der Waals surface area contributed by atoms with Gasteiger partial charge in [0.05, 0.1) is 0 Å². The van der Waals surface area contributed by atoms with E-state index in [1.54, 1.807) is 28.8 Å². The van der Waals surface area contributed by atoms with Crippen LogP contribution < -0.4 is 5.32 Å². The van der Waals surface area contributed by atoms with Crippen molar-refractivity contribution in [2.45, 2.75) is 45.0 Å². The van der Waals surface area contributed by atoms with Crippen molar-refractivity contribution < 1.29 is 9.59 Å². The van der Waals surface area contributed by atoms with Crippen LogP contribution in [0.5, 0.6) is 0 Å². The van der Waals surface area contributed by atoms with E-state index in [0.717, 1.165) is 16.9 Å². The Bertz CT molecular complexity index is 1140. The lowest BCUT2D eigenvalue weighted by molar-refractivity contribution is -0.141.